The fourth-order valence-corrected chi connectivity index (χ4v) is 2.22. The predicted octanol–water partition coefficient (Wildman–Crippen LogP) is 0.966. The number of thiophene rings is 1. The van der Waals surface area contributed by atoms with E-state index < -0.39 is 11.8 Å². The van der Waals surface area contributed by atoms with Crippen LogP contribution in [0.15, 0.2) is 9.85 Å². The van der Waals surface area contributed by atoms with E-state index in [4.69, 9.17) is 5.73 Å². The number of primary amides is 1. The van der Waals surface area contributed by atoms with Crippen LogP contribution in [0.5, 0.6) is 0 Å². The summed E-state index contributed by atoms with van der Waals surface area (Å²) in [6.45, 7) is 1.54. The maximum atomic E-state index is 11.4. The Kier molecular flexibility index (Phi) is 4.25. The second kappa shape index (κ2) is 5.24. The standard InChI is InChI=1S/C8H9BrN2O3S/c1-4-2-5(15-7(4)9)8(13)11-14-3-6(10)12/h2H,3H2,1H3,(H2,10,12)(H,11,13). The van der Waals surface area contributed by atoms with Crippen molar-refractivity contribution in [3.63, 3.8) is 0 Å². The first-order valence-corrected chi connectivity index (χ1v) is 5.58. The molecular weight excluding hydrogens is 284 g/mol. The van der Waals surface area contributed by atoms with Crippen LogP contribution in [-0.2, 0) is 9.63 Å². The van der Waals surface area contributed by atoms with E-state index in [0.717, 1.165) is 9.35 Å². The van der Waals surface area contributed by atoms with Crippen molar-refractivity contribution in [2.45, 2.75) is 6.92 Å². The molecule has 1 heterocycles. The Morgan fingerprint density at radius 2 is 2.33 bits per heavy atom. The molecule has 2 amide bonds. The van der Waals surface area contributed by atoms with Gasteiger partial charge in [-0.25, -0.2) is 5.48 Å². The minimum Gasteiger partial charge on any atom is -0.368 e. The summed E-state index contributed by atoms with van der Waals surface area (Å²) in [5, 5.41) is 0. The highest BCUT2D eigenvalue weighted by atomic mass is 79.9. The lowest BCUT2D eigenvalue weighted by Gasteiger charge is -2.01. The average molecular weight is 293 g/mol. The Balaban J connectivity index is 2.50. The number of rotatable bonds is 4. The number of hydrogen-bond acceptors (Lipinski definition) is 4. The molecule has 0 aliphatic carbocycles. The number of carbonyl (C=O) groups is 2. The van der Waals surface area contributed by atoms with Crippen LogP contribution in [0.3, 0.4) is 0 Å². The van der Waals surface area contributed by atoms with Crippen molar-refractivity contribution in [3.8, 4) is 0 Å². The second-order valence-electron chi connectivity index (χ2n) is 2.75. The van der Waals surface area contributed by atoms with E-state index in [1.165, 1.54) is 11.3 Å². The highest BCUT2D eigenvalue weighted by molar-refractivity contribution is 9.11. The van der Waals surface area contributed by atoms with E-state index in [9.17, 15) is 9.59 Å². The number of halogens is 1. The van der Waals surface area contributed by atoms with Gasteiger partial charge in [0.05, 0.1) is 8.66 Å². The van der Waals surface area contributed by atoms with Gasteiger partial charge >= 0.3 is 0 Å². The Hall–Kier alpha value is -0.920. The van der Waals surface area contributed by atoms with Gasteiger partial charge in [-0.05, 0) is 34.5 Å². The summed E-state index contributed by atoms with van der Waals surface area (Å²) < 4.78 is 0.891. The van der Waals surface area contributed by atoms with Crippen molar-refractivity contribution in [1.82, 2.24) is 5.48 Å². The zero-order valence-electron chi connectivity index (χ0n) is 7.87. The van der Waals surface area contributed by atoms with Crippen molar-refractivity contribution in [1.29, 1.82) is 0 Å². The van der Waals surface area contributed by atoms with Crippen molar-refractivity contribution >= 4 is 39.1 Å². The lowest BCUT2D eigenvalue weighted by Crippen LogP contribution is -2.28. The van der Waals surface area contributed by atoms with Crippen LogP contribution < -0.4 is 11.2 Å². The zero-order chi connectivity index (χ0) is 11.4. The van der Waals surface area contributed by atoms with Crippen LogP contribution in [0, 0.1) is 6.92 Å². The van der Waals surface area contributed by atoms with Gasteiger partial charge in [0.25, 0.3) is 5.91 Å². The summed E-state index contributed by atoms with van der Waals surface area (Å²) in [4.78, 5) is 26.8. The topological polar surface area (TPSA) is 81.4 Å². The molecule has 0 unspecified atom stereocenters. The third-order valence-corrected chi connectivity index (χ3v) is 3.60. The molecule has 82 valence electrons. The molecule has 3 N–H and O–H groups in total. The zero-order valence-corrected chi connectivity index (χ0v) is 10.3. The highest BCUT2D eigenvalue weighted by Gasteiger charge is 2.11. The van der Waals surface area contributed by atoms with E-state index in [0.29, 0.717) is 4.88 Å². The molecule has 1 aromatic rings. The quantitative estimate of drug-likeness (QED) is 0.811. The number of nitrogens with one attached hydrogen (secondary N) is 1. The lowest BCUT2D eigenvalue weighted by molar-refractivity contribution is -0.124. The lowest BCUT2D eigenvalue weighted by atomic mass is 10.3. The summed E-state index contributed by atoms with van der Waals surface area (Å²) in [5.74, 6) is -1.03. The number of amides is 2. The normalized spacial score (nSPS) is 10.0. The third kappa shape index (κ3) is 3.61. The summed E-state index contributed by atoms with van der Waals surface area (Å²) >= 11 is 4.59. The maximum absolute atomic E-state index is 11.4. The molecule has 0 atom stereocenters. The van der Waals surface area contributed by atoms with E-state index in [1.54, 1.807) is 6.07 Å². The number of hydroxylamine groups is 1. The summed E-state index contributed by atoms with van der Waals surface area (Å²) in [6, 6.07) is 1.72. The van der Waals surface area contributed by atoms with Crippen LogP contribution in [-0.4, -0.2) is 18.4 Å². The van der Waals surface area contributed by atoms with Crippen molar-refractivity contribution in [2.75, 3.05) is 6.61 Å². The molecule has 0 fully saturated rings. The van der Waals surface area contributed by atoms with Gasteiger partial charge in [0.1, 0.15) is 0 Å². The van der Waals surface area contributed by atoms with E-state index in [2.05, 4.69) is 26.2 Å². The first kappa shape index (κ1) is 12.2. The molecule has 5 nitrogen and oxygen atoms in total. The van der Waals surface area contributed by atoms with E-state index in [-0.39, 0.29) is 6.61 Å². The van der Waals surface area contributed by atoms with Gasteiger partial charge in [-0.15, -0.1) is 11.3 Å². The minimum atomic E-state index is -0.640. The van der Waals surface area contributed by atoms with Gasteiger partial charge in [-0.1, -0.05) is 0 Å². The van der Waals surface area contributed by atoms with Crippen LogP contribution in [0.4, 0.5) is 0 Å². The smallest absolute Gasteiger partial charge is 0.284 e. The monoisotopic (exact) mass is 292 g/mol. The second-order valence-corrected chi connectivity index (χ2v) is 5.12. The van der Waals surface area contributed by atoms with Crippen molar-refractivity contribution in [2.24, 2.45) is 5.73 Å². The molecular formula is C8H9BrN2O3S. The minimum absolute atomic E-state index is 0.336. The molecule has 0 saturated heterocycles. The first-order valence-electron chi connectivity index (χ1n) is 3.97. The Morgan fingerprint density at radius 3 is 2.80 bits per heavy atom. The molecule has 1 aromatic heterocycles. The highest BCUT2D eigenvalue weighted by Crippen LogP contribution is 2.27. The van der Waals surface area contributed by atoms with Crippen molar-refractivity contribution in [3.05, 3.63) is 20.3 Å². The Labute approximate surface area is 98.7 Å². The first-order chi connectivity index (χ1) is 7.00. The molecule has 0 aromatic carbocycles. The van der Waals surface area contributed by atoms with Gasteiger partial charge in [0.2, 0.25) is 5.91 Å². The molecule has 0 aliphatic rings. The van der Waals surface area contributed by atoms with Gasteiger partial charge in [0.15, 0.2) is 6.61 Å². The SMILES string of the molecule is Cc1cc(C(=O)NOCC(N)=O)sc1Br. The van der Waals surface area contributed by atoms with E-state index >= 15 is 0 Å². The molecule has 7 heteroatoms. The molecule has 0 aliphatic heterocycles. The number of hydrogen-bond donors (Lipinski definition) is 2. The third-order valence-electron chi connectivity index (χ3n) is 1.46. The molecule has 0 bridgehead atoms. The summed E-state index contributed by atoms with van der Waals surface area (Å²) in [5.41, 5.74) is 7.92. The molecule has 15 heavy (non-hydrogen) atoms. The molecule has 0 radical (unpaired) electrons. The largest absolute Gasteiger partial charge is 0.368 e. The van der Waals surface area contributed by atoms with E-state index in [1.807, 2.05) is 6.92 Å². The Morgan fingerprint density at radius 1 is 1.67 bits per heavy atom. The average Bonchev–Trinajstić information content (AvgIpc) is 2.46. The number of nitrogens with two attached hydrogens (primary N) is 1. The summed E-state index contributed by atoms with van der Waals surface area (Å²) in [6.07, 6.45) is 0. The molecule has 1 rings (SSSR count). The van der Waals surface area contributed by atoms with Gasteiger partial charge in [-0.2, -0.15) is 0 Å². The molecule has 0 spiro atoms. The van der Waals surface area contributed by atoms with Gasteiger partial charge < -0.3 is 5.73 Å². The van der Waals surface area contributed by atoms with Crippen LogP contribution >= 0.6 is 27.3 Å². The van der Waals surface area contributed by atoms with Gasteiger partial charge in [0, 0.05) is 0 Å². The number of aryl methyl sites for hydroxylation is 1. The van der Waals surface area contributed by atoms with Crippen LogP contribution in [0.1, 0.15) is 15.2 Å². The fraction of sp³-hybridized carbons (Fsp3) is 0.250. The van der Waals surface area contributed by atoms with Crippen LogP contribution in [0.25, 0.3) is 0 Å². The van der Waals surface area contributed by atoms with Crippen molar-refractivity contribution < 1.29 is 14.4 Å². The summed E-state index contributed by atoms with van der Waals surface area (Å²) in [7, 11) is 0. The molecule has 0 saturated carbocycles. The Bertz CT molecular complexity index is 372. The maximum Gasteiger partial charge on any atom is 0.284 e. The fourth-order valence-electron chi connectivity index (χ4n) is 0.795. The number of carbonyl (C=O) groups excluding carboxylic acids is 2. The predicted molar refractivity (Wildman–Crippen MR) is 59.4 cm³/mol. The van der Waals surface area contributed by atoms with Gasteiger partial charge in [-0.3, -0.25) is 14.4 Å². The van der Waals surface area contributed by atoms with Crippen LogP contribution in [0.2, 0.25) is 0 Å².